The average molecular weight is 290 g/mol. The molecule has 1 aliphatic heterocycles. The van der Waals surface area contributed by atoms with E-state index in [2.05, 4.69) is 5.32 Å². The summed E-state index contributed by atoms with van der Waals surface area (Å²) in [7, 11) is 0. The maximum atomic E-state index is 12.3. The fourth-order valence-electron chi connectivity index (χ4n) is 2.35. The summed E-state index contributed by atoms with van der Waals surface area (Å²) in [6.07, 6.45) is 1.15. The van der Waals surface area contributed by atoms with Crippen molar-refractivity contribution in [1.29, 1.82) is 0 Å². The predicted octanol–water partition coefficient (Wildman–Crippen LogP) is 2.11. The van der Waals surface area contributed by atoms with Crippen molar-refractivity contribution in [1.82, 2.24) is 5.32 Å². The Labute approximate surface area is 125 Å². The SMILES string of the molecule is CCCOc1ccc(N2C(=O)C[C@H](NC(C)C)C2=O)cc1. The van der Waals surface area contributed by atoms with Gasteiger partial charge in [-0.1, -0.05) is 20.8 Å². The Kier molecular flexibility index (Phi) is 4.96. The van der Waals surface area contributed by atoms with Gasteiger partial charge in [-0.15, -0.1) is 0 Å². The minimum absolute atomic E-state index is 0.163. The third kappa shape index (κ3) is 3.61. The molecule has 1 atom stereocenters. The first-order valence-corrected chi connectivity index (χ1v) is 7.38. The summed E-state index contributed by atoms with van der Waals surface area (Å²) < 4.78 is 5.50. The van der Waals surface area contributed by atoms with Crippen LogP contribution in [0.2, 0.25) is 0 Å². The first kappa shape index (κ1) is 15.5. The van der Waals surface area contributed by atoms with Gasteiger partial charge in [-0.05, 0) is 30.7 Å². The zero-order chi connectivity index (χ0) is 15.4. The summed E-state index contributed by atoms with van der Waals surface area (Å²) >= 11 is 0. The minimum atomic E-state index is -0.423. The fourth-order valence-corrected chi connectivity index (χ4v) is 2.35. The number of anilines is 1. The Morgan fingerprint density at radius 2 is 1.95 bits per heavy atom. The molecule has 1 aromatic rings. The Hall–Kier alpha value is -1.88. The molecule has 1 aliphatic rings. The maximum Gasteiger partial charge on any atom is 0.251 e. The lowest BCUT2D eigenvalue weighted by Crippen LogP contribution is -2.41. The number of carbonyl (C=O) groups is 2. The lowest BCUT2D eigenvalue weighted by molar-refractivity contribution is -0.121. The molecule has 5 heteroatoms. The largest absolute Gasteiger partial charge is 0.494 e. The van der Waals surface area contributed by atoms with Gasteiger partial charge in [0.2, 0.25) is 5.91 Å². The molecule has 114 valence electrons. The number of imide groups is 1. The summed E-state index contributed by atoms with van der Waals surface area (Å²) in [6.45, 7) is 6.61. The van der Waals surface area contributed by atoms with Crippen molar-refractivity contribution in [2.24, 2.45) is 0 Å². The molecule has 0 bridgehead atoms. The molecular formula is C16H22N2O3. The molecule has 1 N–H and O–H groups in total. The molecule has 0 radical (unpaired) electrons. The van der Waals surface area contributed by atoms with Crippen molar-refractivity contribution in [2.45, 2.75) is 45.7 Å². The highest BCUT2D eigenvalue weighted by Gasteiger charge is 2.39. The Bertz CT molecular complexity index is 511. The topological polar surface area (TPSA) is 58.6 Å². The molecule has 0 aliphatic carbocycles. The van der Waals surface area contributed by atoms with Gasteiger partial charge in [0.15, 0.2) is 0 Å². The van der Waals surface area contributed by atoms with Gasteiger partial charge in [-0.3, -0.25) is 9.59 Å². The third-order valence-corrected chi connectivity index (χ3v) is 3.25. The number of benzene rings is 1. The fraction of sp³-hybridized carbons (Fsp3) is 0.500. The molecule has 5 nitrogen and oxygen atoms in total. The number of nitrogens with one attached hydrogen (secondary N) is 1. The summed E-state index contributed by atoms with van der Waals surface area (Å²) in [6, 6.07) is 6.81. The van der Waals surface area contributed by atoms with Gasteiger partial charge in [0.05, 0.1) is 24.8 Å². The Balaban J connectivity index is 2.10. The Morgan fingerprint density at radius 3 is 2.52 bits per heavy atom. The van der Waals surface area contributed by atoms with Crippen molar-refractivity contribution in [3.63, 3.8) is 0 Å². The van der Waals surface area contributed by atoms with E-state index >= 15 is 0 Å². The summed E-state index contributed by atoms with van der Waals surface area (Å²) in [4.78, 5) is 25.6. The van der Waals surface area contributed by atoms with Gasteiger partial charge in [0.25, 0.3) is 5.91 Å². The predicted molar refractivity (Wildman–Crippen MR) is 81.4 cm³/mol. The van der Waals surface area contributed by atoms with Gasteiger partial charge in [-0.25, -0.2) is 4.90 Å². The van der Waals surface area contributed by atoms with Gasteiger partial charge in [-0.2, -0.15) is 0 Å². The van der Waals surface area contributed by atoms with E-state index < -0.39 is 6.04 Å². The van der Waals surface area contributed by atoms with E-state index in [0.717, 1.165) is 12.2 Å². The standard InChI is InChI=1S/C16H22N2O3/c1-4-9-21-13-7-5-12(6-8-13)18-15(19)10-14(16(18)20)17-11(2)3/h5-8,11,14,17H,4,9-10H2,1-3H3/t14-/m0/s1. The average Bonchev–Trinajstić information content (AvgIpc) is 2.71. The van der Waals surface area contributed by atoms with Crippen LogP contribution >= 0.6 is 0 Å². The van der Waals surface area contributed by atoms with Gasteiger partial charge >= 0.3 is 0 Å². The number of nitrogens with zero attached hydrogens (tertiary/aromatic N) is 1. The molecule has 2 amide bonds. The first-order valence-electron chi connectivity index (χ1n) is 7.38. The van der Waals surface area contributed by atoms with Crippen molar-refractivity contribution in [3.05, 3.63) is 24.3 Å². The summed E-state index contributed by atoms with van der Waals surface area (Å²) in [5, 5.41) is 3.12. The smallest absolute Gasteiger partial charge is 0.251 e. The highest BCUT2D eigenvalue weighted by atomic mass is 16.5. The first-order chi connectivity index (χ1) is 10.0. The van der Waals surface area contributed by atoms with Crippen LogP contribution in [0.5, 0.6) is 5.75 Å². The van der Waals surface area contributed by atoms with Crippen LogP contribution in [-0.2, 0) is 9.59 Å². The van der Waals surface area contributed by atoms with Crippen LogP contribution in [0.25, 0.3) is 0 Å². The van der Waals surface area contributed by atoms with Crippen molar-refractivity contribution >= 4 is 17.5 Å². The molecule has 1 aromatic carbocycles. The highest BCUT2D eigenvalue weighted by Crippen LogP contribution is 2.25. The lowest BCUT2D eigenvalue weighted by atomic mass is 10.2. The number of amides is 2. The van der Waals surface area contributed by atoms with Crippen molar-refractivity contribution < 1.29 is 14.3 Å². The number of rotatable bonds is 6. The van der Waals surface area contributed by atoms with Crippen LogP contribution in [0.1, 0.15) is 33.6 Å². The second kappa shape index (κ2) is 6.72. The van der Waals surface area contributed by atoms with Gasteiger partial charge in [0.1, 0.15) is 5.75 Å². The molecule has 0 aromatic heterocycles. The van der Waals surface area contributed by atoms with Crippen LogP contribution in [0.15, 0.2) is 24.3 Å². The molecule has 1 fully saturated rings. The van der Waals surface area contributed by atoms with E-state index in [1.807, 2.05) is 20.8 Å². The quantitative estimate of drug-likeness (QED) is 0.815. The molecule has 0 saturated carbocycles. The summed E-state index contributed by atoms with van der Waals surface area (Å²) in [5.74, 6) is 0.396. The normalized spacial score (nSPS) is 18.7. The van der Waals surface area contributed by atoms with Crippen LogP contribution in [0, 0.1) is 0 Å². The van der Waals surface area contributed by atoms with Crippen LogP contribution in [-0.4, -0.2) is 30.5 Å². The number of carbonyl (C=O) groups excluding carboxylic acids is 2. The van der Waals surface area contributed by atoms with E-state index in [-0.39, 0.29) is 24.3 Å². The Morgan fingerprint density at radius 1 is 1.29 bits per heavy atom. The lowest BCUT2D eigenvalue weighted by Gasteiger charge is -2.17. The van der Waals surface area contributed by atoms with E-state index in [0.29, 0.717) is 12.3 Å². The number of ether oxygens (including phenoxy) is 1. The van der Waals surface area contributed by atoms with Crippen molar-refractivity contribution in [3.8, 4) is 5.75 Å². The van der Waals surface area contributed by atoms with E-state index in [4.69, 9.17) is 4.74 Å². The van der Waals surface area contributed by atoms with Gasteiger partial charge < -0.3 is 10.1 Å². The molecule has 1 heterocycles. The van der Waals surface area contributed by atoms with Crippen molar-refractivity contribution in [2.75, 3.05) is 11.5 Å². The van der Waals surface area contributed by atoms with E-state index in [1.54, 1.807) is 24.3 Å². The number of hydrogen-bond donors (Lipinski definition) is 1. The molecule has 0 unspecified atom stereocenters. The third-order valence-electron chi connectivity index (χ3n) is 3.25. The molecule has 21 heavy (non-hydrogen) atoms. The zero-order valence-corrected chi connectivity index (χ0v) is 12.8. The monoisotopic (exact) mass is 290 g/mol. The second-order valence-corrected chi connectivity index (χ2v) is 5.49. The molecular weight excluding hydrogens is 268 g/mol. The van der Waals surface area contributed by atoms with E-state index in [9.17, 15) is 9.59 Å². The highest BCUT2D eigenvalue weighted by molar-refractivity contribution is 6.22. The number of hydrogen-bond acceptors (Lipinski definition) is 4. The van der Waals surface area contributed by atoms with Crippen LogP contribution in [0.3, 0.4) is 0 Å². The molecule has 2 rings (SSSR count). The minimum Gasteiger partial charge on any atom is -0.494 e. The van der Waals surface area contributed by atoms with Crippen LogP contribution < -0.4 is 15.0 Å². The zero-order valence-electron chi connectivity index (χ0n) is 12.8. The van der Waals surface area contributed by atoms with Gasteiger partial charge in [0, 0.05) is 6.04 Å². The van der Waals surface area contributed by atoms with Crippen LogP contribution in [0.4, 0.5) is 5.69 Å². The molecule has 1 saturated heterocycles. The second-order valence-electron chi connectivity index (χ2n) is 5.49. The van der Waals surface area contributed by atoms with E-state index in [1.165, 1.54) is 4.90 Å². The maximum absolute atomic E-state index is 12.3. The summed E-state index contributed by atoms with van der Waals surface area (Å²) in [5.41, 5.74) is 0.599. The molecule has 0 spiro atoms.